The summed E-state index contributed by atoms with van der Waals surface area (Å²) in [5.74, 6) is -2.90. The van der Waals surface area contributed by atoms with E-state index in [1.165, 1.54) is 22.0 Å². The molecular formula is C44H42Cl2F8N12O4. The van der Waals surface area contributed by atoms with Crippen molar-refractivity contribution < 1.29 is 44.7 Å². The number of nitrogens with zero attached hydrogens (tertiary/aromatic N) is 10. The molecule has 2 aliphatic heterocycles. The molecule has 6 heterocycles. The Balaban J connectivity index is 0.000000254. The van der Waals surface area contributed by atoms with Crippen LogP contribution in [0.3, 0.4) is 0 Å². The van der Waals surface area contributed by atoms with Crippen molar-refractivity contribution in [1.29, 1.82) is 0 Å². The van der Waals surface area contributed by atoms with Crippen LogP contribution in [0.15, 0.2) is 84.0 Å². The van der Waals surface area contributed by atoms with Crippen LogP contribution in [0.4, 0.5) is 58.1 Å². The number of pyridine rings is 2. The number of anilines is 4. The van der Waals surface area contributed by atoms with Crippen molar-refractivity contribution in [2.75, 3.05) is 73.6 Å². The second kappa shape index (κ2) is 20.7. The standard InChI is InChI=1S/2C21H17ClF4N6O2.2CH4/c2*1-2-15(33)30-5-7-31(8-6-30)19-11-9-14(21(24,25)26)32(20(34)17(11)28-10-29-19)18-13(27)4-3-12(22)16(18)23;;/h2*2-4,9-10H,1,5-8,27H2;2*1H4. The zero-order valence-corrected chi connectivity index (χ0v) is 36.4. The number of rotatable bonds is 6. The van der Waals surface area contributed by atoms with E-state index in [1.807, 2.05) is 0 Å². The highest BCUT2D eigenvalue weighted by atomic mass is 35.5. The molecule has 0 unspecified atom stereocenters. The third-order valence-corrected chi connectivity index (χ3v) is 11.5. The second-order valence-electron chi connectivity index (χ2n) is 14.9. The Morgan fingerprint density at radius 1 is 0.586 bits per heavy atom. The molecule has 16 nitrogen and oxygen atoms in total. The summed E-state index contributed by atoms with van der Waals surface area (Å²) in [5, 5.41) is -1.33. The predicted molar refractivity (Wildman–Crippen MR) is 250 cm³/mol. The molecule has 2 fully saturated rings. The summed E-state index contributed by atoms with van der Waals surface area (Å²) in [6.45, 7) is 9.02. The molecule has 8 rings (SSSR count). The monoisotopic (exact) mass is 1020 g/mol. The summed E-state index contributed by atoms with van der Waals surface area (Å²) in [5.41, 5.74) is 2.90. The Labute approximate surface area is 402 Å². The quantitative estimate of drug-likeness (QED) is 0.0963. The SMILES string of the molecule is C.C.C=CC(=O)N1CCN(c2ncnc3c(=O)n(-c4c(N)ccc(Cl)c4F)c(C(F)(F)F)cc23)CC1.C=CC(=O)N1CCN(c2ncnc3c(=O)n(-c4c(N)ccc(Cl)c4F)c(C(F)(F)F)cc23)CC1. The molecule has 0 aliphatic carbocycles. The first-order valence-electron chi connectivity index (χ1n) is 19.8. The number of piperazine rings is 2. The maximum absolute atomic E-state index is 14.8. The second-order valence-corrected chi connectivity index (χ2v) is 15.7. The number of halogens is 10. The van der Waals surface area contributed by atoms with Gasteiger partial charge in [-0.05, 0) is 48.6 Å². The smallest absolute Gasteiger partial charge is 0.397 e. The van der Waals surface area contributed by atoms with Crippen molar-refractivity contribution in [2.45, 2.75) is 27.2 Å². The summed E-state index contributed by atoms with van der Waals surface area (Å²) in [7, 11) is 0. The number of carbonyl (C=O) groups is 2. The van der Waals surface area contributed by atoms with Gasteiger partial charge in [-0.2, -0.15) is 26.3 Å². The first-order chi connectivity index (χ1) is 32.1. The zero-order chi connectivity index (χ0) is 49.6. The number of nitrogen functional groups attached to an aromatic ring is 2. The third kappa shape index (κ3) is 10.0. The highest BCUT2D eigenvalue weighted by Gasteiger charge is 2.40. The Kier molecular flexibility index (Phi) is 15.9. The van der Waals surface area contributed by atoms with Gasteiger partial charge in [0.25, 0.3) is 11.1 Å². The normalized spacial score (nSPS) is 14.1. The summed E-state index contributed by atoms with van der Waals surface area (Å²) in [6, 6.07) is 5.73. The molecule has 4 N–H and O–H groups in total. The van der Waals surface area contributed by atoms with Crippen molar-refractivity contribution in [3.8, 4) is 11.4 Å². The minimum Gasteiger partial charge on any atom is -0.397 e. The molecule has 0 bridgehead atoms. The maximum atomic E-state index is 14.8. The Morgan fingerprint density at radius 3 is 1.21 bits per heavy atom. The number of hydrogen-bond donors (Lipinski definition) is 2. The van der Waals surface area contributed by atoms with Crippen molar-refractivity contribution in [3.05, 3.63) is 128 Å². The molecule has 0 atom stereocenters. The highest BCUT2D eigenvalue weighted by Crippen LogP contribution is 2.38. The van der Waals surface area contributed by atoms with Crippen LogP contribution in [-0.2, 0) is 21.9 Å². The number of benzene rings is 2. The van der Waals surface area contributed by atoms with Crippen LogP contribution in [0.1, 0.15) is 26.2 Å². The summed E-state index contributed by atoms with van der Waals surface area (Å²) in [6.07, 6.45) is -5.69. The number of carbonyl (C=O) groups excluding carboxylic acids is 2. The van der Waals surface area contributed by atoms with Gasteiger partial charge < -0.3 is 31.1 Å². The van der Waals surface area contributed by atoms with Gasteiger partial charge in [0.2, 0.25) is 11.8 Å². The molecule has 2 amide bonds. The van der Waals surface area contributed by atoms with E-state index in [4.69, 9.17) is 34.7 Å². The average Bonchev–Trinajstić information content (AvgIpc) is 3.31. The van der Waals surface area contributed by atoms with Gasteiger partial charge in [-0.25, -0.2) is 28.7 Å². The first-order valence-corrected chi connectivity index (χ1v) is 20.6. The lowest BCUT2D eigenvalue weighted by Gasteiger charge is -2.35. The van der Waals surface area contributed by atoms with E-state index in [0.717, 1.165) is 36.9 Å². The third-order valence-electron chi connectivity index (χ3n) is 10.9. The highest BCUT2D eigenvalue weighted by molar-refractivity contribution is 6.31. The topological polar surface area (TPSA) is 195 Å². The van der Waals surface area contributed by atoms with Gasteiger partial charge in [0.1, 0.15) is 58.1 Å². The van der Waals surface area contributed by atoms with Crippen molar-refractivity contribution in [3.63, 3.8) is 0 Å². The summed E-state index contributed by atoms with van der Waals surface area (Å²) < 4.78 is 114. The molecule has 2 aromatic carbocycles. The van der Waals surface area contributed by atoms with Crippen molar-refractivity contribution in [1.82, 2.24) is 38.9 Å². The van der Waals surface area contributed by atoms with E-state index in [-0.39, 0.29) is 122 Å². The lowest BCUT2D eigenvalue weighted by atomic mass is 10.1. The van der Waals surface area contributed by atoms with E-state index in [2.05, 4.69) is 33.1 Å². The number of fused-ring (bicyclic) bond motifs is 2. The molecule has 0 spiro atoms. The van der Waals surface area contributed by atoms with E-state index in [1.54, 1.807) is 9.80 Å². The molecule has 4 aromatic heterocycles. The Hall–Kier alpha value is -7.34. The average molecular weight is 1030 g/mol. The van der Waals surface area contributed by atoms with Crippen LogP contribution in [0.2, 0.25) is 10.0 Å². The lowest BCUT2D eigenvalue weighted by Crippen LogP contribution is -2.48. The van der Waals surface area contributed by atoms with E-state index in [9.17, 15) is 54.3 Å². The number of aromatic nitrogens is 6. The van der Waals surface area contributed by atoms with Gasteiger partial charge >= 0.3 is 12.4 Å². The van der Waals surface area contributed by atoms with Gasteiger partial charge in [0.05, 0.1) is 32.2 Å². The number of nitrogens with two attached hydrogens (primary N) is 2. The van der Waals surface area contributed by atoms with E-state index in [0.29, 0.717) is 12.1 Å². The van der Waals surface area contributed by atoms with E-state index < -0.39 is 79.3 Å². The largest absolute Gasteiger partial charge is 0.431 e. The van der Waals surface area contributed by atoms with Gasteiger partial charge in [0.15, 0.2) is 11.6 Å². The first kappa shape index (κ1) is 53.6. The van der Waals surface area contributed by atoms with E-state index >= 15 is 0 Å². The molecule has 0 saturated carbocycles. The zero-order valence-electron chi connectivity index (χ0n) is 34.9. The van der Waals surface area contributed by atoms with Crippen LogP contribution in [0.25, 0.3) is 33.2 Å². The van der Waals surface area contributed by atoms with Crippen LogP contribution in [0.5, 0.6) is 0 Å². The van der Waals surface area contributed by atoms with Gasteiger partial charge in [-0.15, -0.1) is 0 Å². The predicted octanol–water partition coefficient (Wildman–Crippen LogP) is 7.29. The minimum atomic E-state index is -5.06. The fraction of sp³-hybridized carbons (Fsp3) is 0.273. The molecule has 26 heteroatoms. The van der Waals surface area contributed by atoms with Crippen LogP contribution >= 0.6 is 23.2 Å². The van der Waals surface area contributed by atoms with Gasteiger partial charge in [-0.1, -0.05) is 51.2 Å². The fourth-order valence-corrected chi connectivity index (χ4v) is 7.98. The molecule has 2 saturated heterocycles. The van der Waals surface area contributed by atoms with Gasteiger partial charge in [0, 0.05) is 52.4 Å². The van der Waals surface area contributed by atoms with Crippen LogP contribution in [-0.4, -0.2) is 103 Å². The van der Waals surface area contributed by atoms with Gasteiger partial charge in [-0.3, -0.25) is 28.3 Å². The minimum absolute atomic E-state index is 0. The molecule has 70 heavy (non-hydrogen) atoms. The van der Waals surface area contributed by atoms with Crippen molar-refractivity contribution >= 4 is 79.8 Å². The fourth-order valence-electron chi connectivity index (χ4n) is 7.68. The van der Waals surface area contributed by atoms with Crippen LogP contribution < -0.4 is 32.4 Å². The summed E-state index contributed by atoms with van der Waals surface area (Å²) >= 11 is 11.5. The number of alkyl halides is 6. The Morgan fingerprint density at radius 2 is 0.914 bits per heavy atom. The number of amides is 2. The molecular weight excluding hydrogens is 983 g/mol. The summed E-state index contributed by atoms with van der Waals surface area (Å²) in [4.78, 5) is 72.4. The molecule has 372 valence electrons. The number of hydrogen-bond acceptors (Lipinski definition) is 12. The van der Waals surface area contributed by atoms with Crippen molar-refractivity contribution in [2.24, 2.45) is 0 Å². The molecule has 6 aromatic rings. The molecule has 0 radical (unpaired) electrons. The lowest BCUT2D eigenvalue weighted by molar-refractivity contribution is -0.143. The molecule has 2 aliphatic rings. The van der Waals surface area contributed by atoms with Crippen LogP contribution in [0, 0.1) is 11.6 Å². The maximum Gasteiger partial charge on any atom is 0.431 e. The Bertz CT molecular complexity index is 2940.